The van der Waals surface area contributed by atoms with Crippen molar-refractivity contribution in [2.45, 2.75) is 32.4 Å². The van der Waals surface area contributed by atoms with Crippen LogP contribution in [-0.4, -0.2) is 12.6 Å². The van der Waals surface area contributed by atoms with Gasteiger partial charge in [0.05, 0.1) is 18.6 Å². The molecule has 0 bridgehead atoms. The van der Waals surface area contributed by atoms with Crippen LogP contribution < -0.4 is 0 Å². The van der Waals surface area contributed by atoms with Crippen molar-refractivity contribution >= 4 is 5.97 Å². The molecule has 0 amide bonds. The summed E-state index contributed by atoms with van der Waals surface area (Å²) in [6.07, 6.45) is -0.708. The second kappa shape index (κ2) is 7.12. The zero-order chi connectivity index (χ0) is 15.2. The molecule has 1 rings (SSSR count). The predicted octanol–water partition coefficient (Wildman–Crippen LogP) is 4.32. The Bertz CT molecular complexity index is 461. The average molecular weight is 286 g/mol. The Hall–Kier alpha value is -1.78. The number of hydrogen-bond donors (Lipinski definition) is 0. The van der Waals surface area contributed by atoms with Gasteiger partial charge >= 0.3 is 12.1 Å². The molecule has 1 unspecified atom stereocenters. The molecule has 0 saturated carbocycles. The Morgan fingerprint density at radius 2 is 1.90 bits per heavy atom. The van der Waals surface area contributed by atoms with Gasteiger partial charge in [0.1, 0.15) is 0 Å². The molecule has 0 radical (unpaired) electrons. The topological polar surface area (TPSA) is 26.3 Å². The molecule has 0 aromatic heterocycles. The Morgan fingerprint density at radius 3 is 2.40 bits per heavy atom. The van der Waals surface area contributed by atoms with Crippen molar-refractivity contribution in [3.63, 3.8) is 0 Å². The van der Waals surface area contributed by atoms with Gasteiger partial charge in [-0.15, -0.1) is 0 Å². The van der Waals surface area contributed by atoms with Crippen LogP contribution in [0.5, 0.6) is 0 Å². The standard InChI is InChI=1S/C15H17F3O2/c1-3-20-14(19)6-4-5-11(2)12-7-9-13(10-8-12)15(16,17)18/h4-5,7-11H,3,6H2,1-2H3/b5-4-. The zero-order valence-corrected chi connectivity index (χ0v) is 11.4. The van der Waals surface area contributed by atoms with E-state index in [1.807, 2.05) is 6.92 Å². The van der Waals surface area contributed by atoms with Crippen molar-refractivity contribution in [2.24, 2.45) is 0 Å². The highest BCUT2D eigenvalue weighted by molar-refractivity contribution is 5.71. The van der Waals surface area contributed by atoms with Gasteiger partial charge in [0.2, 0.25) is 0 Å². The summed E-state index contributed by atoms with van der Waals surface area (Å²) in [5.41, 5.74) is 0.0991. The van der Waals surface area contributed by atoms with Gasteiger partial charge in [-0.3, -0.25) is 4.79 Å². The molecule has 110 valence electrons. The second-order valence-electron chi connectivity index (χ2n) is 4.35. The quantitative estimate of drug-likeness (QED) is 0.595. The average Bonchev–Trinajstić information content (AvgIpc) is 2.38. The fraction of sp³-hybridized carbons (Fsp3) is 0.400. The number of alkyl halides is 3. The highest BCUT2D eigenvalue weighted by atomic mass is 19.4. The number of esters is 1. The van der Waals surface area contributed by atoms with Gasteiger partial charge in [0, 0.05) is 0 Å². The van der Waals surface area contributed by atoms with Crippen molar-refractivity contribution in [2.75, 3.05) is 6.61 Å². The first-order valence-electron chi connectivity index (χ1n) is 6.34. The van der Waals surface area contributed by atoms with Gasteiger partial charge in [-0.1, -0.05) is 31.2 Å². The van der Waals surface area contributed by atoms with E-state index in [0.29, 0.717) is 6.61 Å². The smallest absolute Gasteiger partial charge is 0.416 e. The maximum Gasteiger partial charge on any atom is 0.416 e. The van der Waals surface area contributed by atoms with Crippen LogP contribution in [0, 0.1) is 0 Å². The maximum absolute atomic E-state index is 12.4. The zero-order valence-electron chi connectivity index (χ0n) is 11.4. The van der Waals surface area contributed by atoms with Crippen LogP contribution in [-0.2, 0) is 15.7 Å². The molecule has 0 aliphatic rings. The molecule has 1 aromatic rings. The van der Waals surface area contributed by atoms with Crippen molar-refractivity contribution in [1.29, 1.82) is 0 Å². The van der Waals surface area contributed by atoms with Gasteiger partial charge in [-0.2, -0.15) is 13.2 Å². The molecule has 0 fully saturated rings. The lowest BCUT2D eigenvalue weighted by atomic mass is 9.99. The van der Waals surface area contributed by atoms with E-state index in [0.717, 1.165) is 17.7 Å². The van der Waals surface area contributed by atoms with Gasteiger partial charge in [-0.25, -0.2) is 0 Å². The van der Waals surface area contributed by atoms with E-state index in [9.17, 15) is 18.0 Å². The van der Waals surface area contributed by atoms with Gasteiger partial charge < -0.3 is 4.74 Å². The molecule has 0 aliphatic heterocycles. The molecule has 0 saturated heterocycles. The summed E-state index contributed by atoms with van der Waals surface area (Å²) >= 11 is 0. The molecule has 1 aromatic carbocycles. The van der Waals surface area contributed by atoms with Crippen LogP contribution in [0.4, 0.5) is 13.2 Å². The van der Waals surface area contributed by atoms with Crippen molar-refractivity contribution < 1.29 is 22.7 Å². The van der Waals surface area contributed by atoms with Crippen LogP contribution in [0.15, 0.2) is 36.4 Å². The Balaban J connectivity index is 2.62. The normalized spacial score (nSPS) is 13.4. The summed E-state index contributed by atoms with van der Waals surface area (Å²) in [4.78, 5) is 11.1. The van der Waals surface area contributed by atoms with Gasteiger partial charge in [-0.05, 0) is 30.5 Å². The third-order valence-corrected chi connectivity index (χ3v) is 2.78. The van der Waals surface area contributed by atoms with E-state index in [2.05, 4.69) is 0 Å². The number of halogens is 3. The molecule has 0 heterocycles. The van der Waals surface area contributed by atoms with E-state index >= 15 is 0 Å². The molecule has 5 heteroatoms. The summed E-state index contributed by atoms with van der Waals surface area (Å²) in [5, 5.41) is 0. The summed E-state index contributed by atoms with van der Waals surface area (Å²) in [6.45, 7) is 3.91. The molecule has 20 heavy (non-hydrogen) atoms. The Labute approximate surface area is 116 Å². The summed E-state index contributed by atoms with van der Waals surface area (Å²) < 4.78 is 42.0. The number of rotatable bonds is 5. The van der Waals surface area contributed by atoms with Crippen molar-refractivity contribution in [1.82, 2.24) is 0 Å². The first-order valence-corrected chi connectivity index (χ1v) is 6.34. The maximum atomic E-state index is 12.4. The minimum absolute atomic E-state index is 0.0632. The van der Waals surface area contributed by atoms with E-state index in [1.54, 1.807) is 19.1 Å². The molecular weight excluding hydrogens is 269 g/mol. The van der Waals surface area contributed by atoms with Gasteiger partial charge in [0.25, 0.3) is 0 Å². The van der Waals surface area contributed by atoms with Gasteiger partial charge in [0.15, 0.2) is 0 Å². The molecular formula is C15H17F3O2. The monoisotopic (exact) mass is 286 g/mol. The van der Waals surface area contributed by atoms with E-state index in [4.69, 9.17) is 4.74 Å². The second-order valence-corrected chi connectivity index (χ2v) is 4.35. The van der Waals surface area contributed by atoms with Crippen LogP contribution in [0.2, 0.25) is 0 Å². The minimum atomic E-state index is -4.32. The van der Waals surface area contributed by atoms with Crippen LogP contribution in [0.3, 0.4) is 0 Å². The molecule has 0 aliphatic carbocycles. The number of allylic oxidation sites excluding steroid dienone is 1. The molecule has 1 atom stereocenters. The van der Waals surface area contributed by atoms with E-state index in [1.165, 1.54) is 12.1 Å². The molecule has 2 nitrogen and oxygen atoms in total. The molecule has 0 spiro atoms. The Kier molecular flexibility index (Phi) is 5.80. The van der Waals surface area contributed by atoms with Crippen molar-refractivity contribution in [3.05, 3.63) is 47.5 Å². The minimum Gasteiger partial charge on any atom is -0.466 e. The fourth-order valence-electron chi connectivity index (χ4n) is 1.68. The van der Waals surface area contributed by atoms with Crippen molar-refractivity contribution in [3.8, 4) is 0 Å². The fourth-order valence-corrected chi connectivity index (χ4v) is 1.68. The Morgan fingerprint density at radius 1 is 1.30 bits per heavy atom. The number of carbonyl (C=O) groups excluding carboxylic acids is 1. The summed E-state index contributed by atoms with van der Waals surface area (Å²) in [5.74, 6) is -0.380. The van der Waals surface area contributed by atoms with E-state index < -0.39 is 11.7 Å². The number of benzene rings is 1. The lowest BCUT2D eigenvalue weighted by molar-refractivity contribution is -0.142. The third kappa shape index (κ3) is 5.07. The summed E-state index contributed by atoms with van der Waals surface area (Å²) in [6, 6.07) is 5.01. The number of ether oxygens (including phenoxy) is 1. The highest BCUT2D eigenvalue weighted by Gasteiger charge is 2.29. The van der Waals surface area contributed by atoms with E-state index in [-0.39, 0.29) is 18.3 Å². The third-order valence-electron chi connectivity index (χ3n) is 2.78. The predicted molar refractivity (Wildman–Crippen MR) is 70.2 cm³/mol. The van der Waals surface area contributed by atoms with Crippen LogP contribution in [0.1, 0.15) is 37.3 Å². The van der Waals surface area contributed by atoms with Crippen LogP contribution >= 0.6 is 0 Å². The molecule has 0 N–H and O–H groups in total. The lowest BCUT2D eigenvalue weighted by Gasteiger charge is -2.10. The lowest BCUT2D eigenvalue weighted by Crippen LogP contribution is -2.04. The SMILES string of the molecule is CCOC(=O)C/C=C\C(C)c1ccc(C(F)(F)F)cc1. The number of hydrogen-bond acceptors (Lipinski definition) is 2. The van der Waals surface area contributed by atoms with Crippen LogP contribution in [0.25, 0.3) is 0 Å². The highest BCUT2D eigenvalue weighted by Crippen LogP contribution is 2.30. The largest absolute Gasteiger partial charge is 0.466 e. The summed E-state index contributed by atoms with van der Waals surface area (Å²) in [7, 11) is 0. The first kappa shape index (κ1) is 16.3. The first-order chi connectivity index (χ1) is 9.34. The number of carbonyl (C=O) groups is 1.